The highest BCUT2D eigenvalue weighted by Crippen LogP contribution is 2.25. The predicted octanol–water partition coefficient (Wildman–Crippen LogP) is 6.48. The van der Waals surface area contributed by atoms with Crippen LogP contribution in [-0.2, 0) is 0 Å². The summed E-state index contributed by atoms with van der Waals surface area (Å²) in [6.07, 6.45) is 6.57. The molecule has 0 saturated heterocycles. The molecule has 2 aromatic carbocycles. The van der Waals surface area contributed by atoms with Crippen LogP contribution < -0.4 is 15.0 Å². The minimum Gasteiger partial charge on any atom is -0.494 e. The van der Waals surface area contributed by atoms with Gasteiger partial charge in [-0.15, -0.1) is 6.58 Å². The smallest absolute Gasteiger partial charge is 0.177 e. The molecule has 0 saturated carbocycles. The highest BCUT2D eigenvalue weighted by Gasteiger charge is 2.10. The minimum absolute atomic E-state index is 0.302. The molecule has 0 spiro atoms. The Morgan fingerprint density at radius 1 is 1.13 bits per heavy atom. The van der Waals surface area contributed by atoms with Gasteiger partial charge in [-0.25, -0.2) is 4.39 Å². The molecular formula is C24H31BrFN3OS. The Hall–Kier alpha value is -1.96. The highest BCUT2D eigenvalue weighted by molar-refractivity contribution is 9.10. The number of hydrogen-bond donors (Lipinski definition) is 1. The first-order chi connectivity index (χ1) is 14.9. The highest BCUT2D eigenvalue weighted by atomic mass is 79.9. The molecule has 0 unspecified atom stereocenters. The fourth-order valence-corrected chi connectivity index (χ4v) is 3.68. The molecule has 0 aliphatic rings. The molecule has 168 valence electrons. The summed E-state index contributed by atoms with van der Waals surface area (Å²) in [5.41, 5.74) is 1.65. The summed E-state index contributed by atoms with van der Waals surface area (Å²) in [4.78, 5) is 4.14. The van der Waals surface area contributed by atoms with Gasteiger partial charge in [-0.2, -0.15) is 0 Å². The number of unbranched alkanes of at least 4 members (excludes halogenated alkanes) is 3. The number of nitrogens with one attached hydrogen (secondary N) is 1. The van der Waals surface area contributed by atoms with Crippen LogP contribution in [0.15, 0.2) is 59.6 Å². The van der Waals surface area contributed by atoms with E-state index in [0.717, 1.165) is 37.6 Å². The average Bonchev–Trinajstić information content (AvgIpc) is 2.75. The second kappa shape index (κ2) is 13.5. The van der Waals surface area contributed by atoms with Gasteiger partial charge in [0, 0.05) is 23.8 Å². The van der Waals surface area contributed by atoms with Crippen LogP contribution in [0.1, 0.15) is 25.7 Å². The van der Waals surface area contributed by atoms with Gasteiger partial charge in [0.1, 0.15) is 11.6 Å². The largest absolute Gasteiger partial charge is 0.494 e. The molecule has 0 aromatic heterocycles. The Labute approximate surface area is 199 Å². The maximum absolute atomic E-state index is 13.2. The van der Waals surface area contributed by atoms with Crippen molar-refractivity contribution in [1.82, 2.24) is 4.90 Å². The zero-order valence-electron chi connectivity index (χ0n) is 18.2. The summed E-state index contributed by atoms with van der Waals surface area (Å²) in [6.45, 7) is 6.53. The number of hydrogen-bond acceptors (Lipinski definition) is 3. The molecule has 0 bridgehead atoms. The van der Waals surface area contributed by atoms with E-state index in [1.807, 2.05) is 42.3 Å². The zero-order valence-corrected chi connectivity index (χ0v) is 20.6. The van der Waals surface area contributed by atoms with Crippen molar-refractivity contribution >= 4 is 44.6 Å². The monoisotopic (exact) mass is 507 g/mol. The van der Waals surface area contributed by atoms with E-state index in [-0.39, 0.29) is 5.82 Å². The number of rotatable bonds is 12. The Balaban J connectivity index is 1.71. The fourth-order valence-electron chi connectivity index (χ4n) is 3.01. The summed E-state index contributed by atoms with van der Waals surface area (Å²) in [6, 6.07) is 12.3. The van der Waals surface area contributed by atoms with E-state index in [1.165, 1.54) is 31.4 Å². The molecule has 0 aliphatic heterocycles. The Bertz CT molecular complexity index is 847. The summed E-state index contributed by atoms with van der Waals surface area (Å²) in [7, 11) is 4.01. The van der Waals surface area contributed by atoms with Crippen molar-refractivity contribution in [3.05, 3.63) is 65.4 Å². The number of thiocarbonyl (C=S) groups is 1. The standard InChI is InChI=1S/C24H31BrFN3OS/c1-4-15-28(2)16-7-5-6-8-17-30-21-12-10-20(11-13-21)29(3)24(31)27-23-14-9-19(26)18-22(23)25/h4,9-14,18H,1,5-8,15-17H2,2-3H3,(H,27,31). The van der Waals surface area contributed by atoms with Gasteiger partial charge in [0.05, 0.1) is 12.3 Å². The van der Waals surface area contributed by atoms with Crippen LogP contribution in [0, 0.1) is 5.82 Å². The number of likely N-dealkylation sites (N-methyl/N-ethyl adjacent to an activating group) is 1. The van der Waals surface area contributed by atoms with Crippen LogP contribution in [-0.4, -0.2) is 43.8 Å². The van der Waals surface area contributed by atoms with E-state index in [4.69, 9.17) is 17.0 Å². The second-order valence-electron chi connectivity index (χ2n) is 7.42. The van der Waals surface area contributed by atoms with Gasteiger partial charge in [-0.3, -0.25) is 0 Å². The predicted molar refractivity (Wildman–Crippen MR) is 137 cm³/mol. The van der Waals surface area contributed by atoms with Crippen molar-refractivity contribution in [2.45, 2.75) is 25.7 Å². The molecule has 7 heteroatoms. The molecule has 2 rings (SSSR count). The van der Waals surface area contributed by atoms with E-state index >= 15 is 0 Å². The van der Waals surface area contributed by atoms with Crippen molar-refractivity contribution in [2.24, 2.45) is 0 Å². The number of benzene rings is 2. The van der Waals surface area contributed by atoms with Crippen molar-refractivity contribution in [3.8, 4) is 5.75 Å². The van der Waals surface area contributed by atoms with Gasteiger partial charge >= 0.3 is 0 Å². The van der Waals surface area contributed by atoms with Crippen LogP contribution in [0.4, 0.5) is 15.8 Å². The maximum atomic E-state index is 13.2. The number of anilines is 2. The van der Waals surface area contributed by atoms with Crippen LogP contribution in [0.25, 0.3) is 0 Å². The van der Waals surface area contributed by atoms with E-state index < -0.39 is 0 Å². The van der Waals surface area contributed by atoms with E-state index in [2.05, 4.69) is 39.8 Å². The first-order valence-electron chi connectivity index (χ1n) is 10.4. The number of halogens is 2. The normalized spacial score (nSPS) is 10.7. The lowest BCUT2D eigenvalue weighted by Gasteiger charge is -2.22. The first kappa shape index (κ1) is 25.3. The van der Waals surface area contributed by atoms with Gasteiger partial charge in [0.25, 0.3) is 0 Å². The van der Waals surface area contributed by atoms with E-state index in [9.17, 15) is 4.39 Å². The third-order valence-corrected chi connectivity index (χ3v) is 5.88. The van der Waals surface area contributed by atoms with Crippen molar-refractivity contribution in [2.75, 3.05) is 44.0 Å². The molecule has 0 amide bonds. The first-order valence-corrected chi connectivity index (χ1v) is 11.6. The van der Waals surface area contributed by atoms with Gasteiger partial charge in [0.2, 0.25) is 0 Å². The lowest BCUT2D eigenvalue weighted by atomic mass is 10.2. The summed E-state index contributed by atoms with van der Waals surface area (Å²) >= 11 is 8.82. The maximum Gasteiger partial charge on any atom is 0.177 e. The van der Waals surface area contributed by atoms with Crippen LogP contribution in [0.3, 0.4) is 0 Å². The topological polar surface area (TPSA) is 27.7 Å². The quantitative estimate of drug-likeness (QED) is 0.201. The molecular weight excluding hydrogens is 477 g/mol. The Kier molecular flexibility index (Phi) is 11.0. The average molecular weight is 509 g/mol. The number of nitrogens with zero attached hydrogens (tertiary/aromatic N) is 2. The zero-order chi connectivity index (χ0) is 22.6. The van der Waals surface area contributed by atoms with Crippen molar-refractivity contribution in [1.29, 1.82) is 0 Å². The van der Waals surface area contributed by atoms with Gasteiger partial charge in [-0.05, 0) is 97.0 Å². The number of ether oxygens (including phenoxy) is 1. The molecule has 0 radical (unpaired) electrons. The minimum atomic E-state index is -0.302. The second-order valence-corrected chi connectivity index (χ2v) is 8.66. The summed E-state index contributed by atoms with van der Waals surface area (Å²) in [5, 5.41) is 3.64. The summed E-state index contributed by atoms with van der Waals surface area (Å²) < 4.78 is 19.7. The molecule has 1 N–H and O–H groups in total. The third-order valence-electron chi connectivity index (χ3n) is 4.85. The van der Waals surface area contributed by atoms with Crippen LogP contribution in [0.2, 0.25) is 0 Å². The Morgan fingerprint density at radius 2 is 1.84 bits per heavy atom. The van der Waals surface area contributed by atoms with E-state index in [1.54, 1.807) is 6.07 Å². The van der Waals surface area contributed by atoms with Crippen LogP contribution in [0.5, 0.6) is 5.75 Å². The van der Waals surface area contributed by atoms with Crippen molar-refractivity contribution in [3.63, 3.8) is 0 Å². The summed E-state index contributed by atoms with van der Waals surface area (Å²) in [5.74, 6) is 0.548. The van der Waals surface area contributed by atoms with E-state index in [0.29, 0.717) is 15.3 Å². The van der Waals surface area contributed by atoms with Crippen LogP contribution >= 0.6 is 28.1 Å². The molecule has 0 heterocycles. The van der Waals surface area contributed by atoms with Gasteiger partial charge in [0.15, 0.2) is 5.11 Å². The van der Waals surface area contributed by atoms with Crippen molar-refractivity contribution < 1.29 is 9.13 Å². The van der Waals surface area contributed by atoms with Gasteiger partial charge < -0.3 is 19.9 Å². The lowest BCUT2D eigenvalue weighted by Crippen LogP contribution is -2.30. The SMILES string of the molecule is C=CCN(C)CCCCCCOc1ccc(N(C)C(=S)Nc2ccc(F)cc2Br)cc1. The molecule has 0 aliphatic carbocycles. The Morgan fingerprint density at radius 3 is 2.52 bits per heavy atom. The molecule has 0 atom stereocenters. The molecule has 31 heavy (non-hydrogen) atoms. The van der Waals surface area contributed by atoms with Gasteiger partial charge in [-0.1, -0.05) is 18.9 Å². The lowest BCUT2D eigenvalue weighted by molar-refractivity contribution is 0.300. The molecule has 2 aromatic rings. The fraction of sp³-hybridized carbons (Fsp3) is 0.375. The third kappa shape index (κ3) is 8.97. The molecule has 0 fully saturated rings. The molecule has 4 nitrogen and oxygen atoms in total.